The number of hydrogen-bond donors (Lipinski definition) is 0. The van der Waals surface area contributed by atoms with Gasteiger partial charge in [0.25, 0.3) is 0 Å². The molecule has 0 aromatic heterocycles. The van der Waals surface area contributed by atoms with Crippen molar-refractivity contribution in [3.8, 4) is 22.3 Å². The fourth-order valence-corrected chi connectivity index (χ4v) is 5.14. The Morgan fingerprint density at radius 2 is 0.943 bits per heavy atom. The molecule has 0 saturated carbocycles. The maximum Gasteiger partial charge on any atom is 0.494 e. The van der Waals surface area contributed by atoms with Crippen LogP contribution in [0.1, 0.15) is 27.7 Å². The molecule has 5 aromatic carbocycles. The Kier molecular flexibility index (Phi) is 5.10. The second kappa shape index (κ2) is 8.08. The molecule has 1 heterocycles. The minimum absolute atomic E-state index is 0.374. The molecule has 0 aliphatic carbocycles. The largest absolute Gasteiger partial charge is 0.494 e. The summed E-state index contributed by atoms with van der Waals surface area (Å²) in [5.41, 5.74) is 5.26. The van der Waals surface area contributed by atoms with Gasteiger partial charge in [-0.05, 0) is 77.0 Å². The highest BCUT2D eigenvalue weighted by atomic mass is 16.7. The minimum atomic E-state index is -0.392. The van der Waals surface area contributed by atoms with E-state index >= 15 is 0 Å². The first-order valence-corrected chi connectivity index (χ1v) is 12.3. The Hall–Kier alpha value is -3.40. The highest BCUT2D eigenvalue weighted by Gasteiger charge is 2.51. The lowest BCUT2D eigenvalue weighted by molar-refractivity contribution is 0.00578. The first-order chi connectivity index (χ1) is 16.9. The molecule has 5 aromatic rings. The second-order valence-corrected chi connectivity index (χ2v) is 10.4. The molecule has 0 spiro atoms. The Balaban J connectivity index is 1.67. The van der Waals surface area contributed by atoms with Crippen LogP contribution in [-0.2, 0) is 9.31 Å². The van der Waals surface area contributed by atoms with E-state index in [1.54, 1.807) is 0 Å². The zero-order valence-electron chi connectivity index (χ0n) is 20.7. The SMILES string of the molecule is CC1(C)OB(c2ccc3c(-c4ccccc4)c(-c4ccccc4)c4ccccc4c3c2)OC1(C)C. The number of hydrogen-bond acceptors (Lipinski definition) is 2. The second-order valence-electron chi connectivity index (χ2n) is 10.4. The highest BCUT2D eigenvalue weighted by molar-refractivity contribution is 6.62. The Morgan fingerprint density at radius 1 is 0.486 bits per heavy atom. The lowest BCUT2D eigenvalue weighted by atomic mass is 9.76. The van der Waals surface area contributed by atoms with Crippen LogP contribution in [0.15, 0.2) is 103 Å². The molecule has 0 amide bonds. The summed E-state index contributed by atoms with van der Waals surface area (Å²) in [5, 5.41) is 4.93. The van der Waals surface area contributed by atoms with Crippen LogP contribution >= 0.6 is 0 Å². The predicted octanol–water partition coefficient (Wildman–Crippen LogP) is 7.63. The molecule has 35 heavy (non-hydrogen) atoms. The van der Waals surface area contributed by atoms with Gasteiger partial charge in [-0.25, -0.2) is 0 Å². The van der Waals surface area contributed by atoms with Crippen LogP contribution in [0.4, 0.5) is 0 Å². The van der Waals surface area contributed by atoms with Crippen molar-refractivity contribution in [1.82, 2.24) is 0 Å². The summed E-state index contributed by atoms with van der Waals surface area (Å²) >= 11 is 0. The summed E-state index contributed by atoms with van der Waals surface area (Å²) < 4.78 is 12.8. The lowest BCUT2D eigenvalue weighted by Gasteiger charge is -2.32. The molecule has 1 saturated heterocycles. The zero-order valence-corrected chi connectivity index (χ0v) is 20.7. The fourth-order valence-electron chi connectivity index (χ4n) is 5.14. The van der Waals surface area contributed by atoms with Crippen LogP contribution in [0.2, 0.25) is 0 Å². The molecule has 6 rings (SSSR count). The molecular weight excluding hydrogens is 427 g/mol. The smallest absolute Gasteiger partial charge is 0.399 e. The van der Waals surface area contributed by atoms with Gasteiger partial charge in [-0.3, -0.25) is 0 Å². The summed E-state index contributed by atoms with van der Waals surface area (Å²) in [6, 6.07) is 36.8. The van der Waals surface area contributed by atoms with Gasteiger partial charge in [-0.15, -0.1) is 0 Å². The summed E-state index contributed by atoms with van der Waals surface area (Å²) in [4.78, 5) is 0. The maximum absolute atomic E-state index is 6.40. The van der Waals surface area contributed by atoms with Crippen LogP contribution in [-0.4, -0.2) is 18.3 Å². The van der Waals surface area contributed by atoms with E-state index in [0.29, 0.717) is 0 Å². The topological polar surface area (TPSA) is 18.5 Å². The summed E-state index contributed by atoms with van der Waals surface area (Å²) in [7, 11) is -0.392. The third-order valence-electron chi connectivity index (χ3n) is 7.70. The molecule has 1 fully saturated rings. The van der Waals surface area contributed by atoms with E-state index in [9.17, 15) is 0 Å². The average Bonchev–Trinajstić information content (AvgIpc) is 3.10. The van der Waals surface area contributed by atoms with Crippen molar-refractivity contribution in [3.05, 3.63) is 103 Å². The number of rotatable bonds is 3. The quantitative estimate of drug-likeness (QED) is 0.205. The normalized spacial score (nSPS) is 16.7. The Labute approximate surface area is 207 Å². The van der Waals surface area contributed by atoms with Gasteiger partial charge in [-0.2, -0.15) is 0 Å². The van der Waals surface area contributed by atoms with E-state index < -0.39 is 7.12 Å². The van der Waals surface area contributed by atoms with E-state index in [4.69, 9.17) is 9.31 Å². The maximum atomic E-state index is 6.40. The van der Waals surface area contributed by atoms with Gasteiger partial charge in [0, 0.05) is 0 Å². The molecule has 1 aliphatic heterocycles. The molecular formula is C32H29BO2. The van der Waals surface area contributed by atoms with Crippen molar-refractivity contribution in [2.75, 3.05) is 0 Å². The van der Waals surface area contributed by atoms with E-state index in [-0.39, 0.29) is 11.2 Å². The summed E-state index contributed by atoms with van der Waals surface area (Å²) in [6.45, 7) is 8.40. The number of fused-ring (bicyclic) bond motifs is 3. The predicted molar refractivity (Wildman–Crippen MR) is 148 cm³/mol. The summed E-state index contributed by atoms with van der Waals surface area (Å²) in [5.74, 6) is 0. The molecule has 172 valence electrons. The monoisotopic (exact) mass is 456 g/mol. The third-order valence-corrected chi connectivity index (χ3v) is 7.70. The average molecular weight is 456 g/mol. The molecule has 0 radical (unpaired) electrons. The van der Waals surface area contributed by atoms with Gasteiger partial charge in [0.1, 0.15) is 0 Å². The van der Waals surface area contributed by atoms with Crippen molar-refractivity contribution in [3.63, 3.8) is 0 Å². The standard InChI is InChI=1S/C32H29BO2/c1-31(2)32(3,4)35-33(34-31)24-19-20-27-28(21-24)25-17-11-12-18-26(25)29(22-13-7-5-8-14-22)30(27)23-15-9-6-10-16-23/h5-21H,1-4H3. The molecule has 2 nitrogen and oxygen atoms in total. The van der Waals surface area contributed by atoms with Gasteiger partial charge in [0.15, 0.2) is 0 Å². The Morgan fingerprint density at radius 3 is 1.49 bits per heavy atom. The molecule has 0 atom stereocenters. The van der Waals surface area contributed by atoms with Crippen molar-refractivity contribution >= 4 is 34.1 Å². The van der Waals surface area contributed by atoms with Gasteiger partial charge in [-0.1, -0.05) is 103 Å². The number of benzene rings is 5. The third kappa shape index (κ3) is 3.58. The lowest BCUT2D eigenvalue weighted by Crippen LogP contribution is -2.41. The van der Waals surface area contributed by atoms with Gasteiger partial charge in [0.05, 0.1) is 11.2 Å². The Bertz CT molecular complexity index is 1520. The van der Waals surface area contributed by atoms with E-state index in [1.165, 1.54) is 43.8 Å². The fraction of sp³-hybridized carbons (Fsp3) is 0.188. The molecule has 0 unspecified atom stereocenters. The van der Waals surface area contributed by atoms with Crippen LogP contribution in [0.5, 0.6) is 0 Å². The van der Waals surface area contributed by atoms with Crippen molar-refractivity contribution < 1.29 is 9.31 Å². The first kappa shape index (κ1) is 22.1. The molecule has 3 heteroatoms. The van der Waals surface area contributed by atoms with Crippen LogP contribution in [0.25, 0.3) is 43.8 Å². The van der Waals surface area contributed by atoms with Gasteiger partial charge >= 0.3 is 7.12 Å². The van der Waals surface area contributed by atoms with Crippen molar-refractivity contribution in [2.45, 2.75) is 38.9 Å². The zero-order chi connectivity index (χ0) is 24.2. The van der Waals surface area contributed by atoms with Crippen LogP contribution < -0.4 is 5.46 Å². The minimum Gasteiger partial charge on any atom is -0.399 e. The van der Waals surface area contributed by atoms with Crippen molar-refractivity contribution in [2.24, 2.45) is 0 Å². The summed E-state index contributed by atoms with van der Waals surface area (Å²) in [6.07, 6.45) is 0. The van der Waals surface area contributed by atoms with Crippen LogP contribution in [0, 0.1) is 0 Å². The molecule has 0 N–H and O–H groups in total. The van der Waals surface area contributed by atoms with Crippen molar-refractivity contribution in [1.29, 1.82) is 0 Å². The highest BCUT2D eigenvalue weighted by Crippen LogP contribution is 2.44. The van der Waals surface area contributed by atoms with Gasteiger partial charge in [0.2, 0.25) is 0 Å². The van der Waals surface area contributed by atoms with E-state index in [0.717, 1.165) is 5.46 Å². The first-order valence-electron chi connectivity index (χ1n) is 12.3. The molecule has 0 bridgehead atoms. The van der Waals surface area contributed by atoms with Crippen LogP contribution in [0.3, 0.4) is 0 Å². The van der Waals surface area contributed by atoms with E-state index in [1.807, 2.05) is 0 Å². The van der Waals surface area contributed by atoms with Gasteiger partial charge < -0.3 is 9.31 Å². The molecule has 1 aliphatic rings. The van der Waals surface area contributed by atoms with E-state index in [2.05, 4.69) is 131 Å².